The van der Waals surface area contributed by atoms with Crippen molar-refractivity contribution < 1.29 is 0 Å². The van der Waals surface area contributed by atoms with E-state index in [-0.39, 0.29) is 0 Å². The summed E-state index contributed by atoms with van der Waals surface area (Å²) in [4.78, 5) is 0. The van der Waals surface area contributed by atoms with Crippen LogP contribution in [0.5, 0.6) is 0 Å². The molecule has 9 heavy (non-hydrogen) atoms. The highest BCUT2D eigenvalue weighted by molar-refractivity contribution is 8.11. The monoisotopic (exact) mass is 153 g/mol. The molecule has 0 amide bonds. The predicted molar refractivity (Wildman–Crippen MR) is 46.0 cm³/mol. The fourth-order valence-electron chi connectivity index (χ4n) is 0.526. The summed E-state index contributed by atoms with van der Waals surface area (Å²) in [7, 11) is 0. The van der Waals surface area contributed by atoms with E-state index in [1.165, 1.54) is 0 Å². The minimum absolute atomic E-state index is 0.593. The van der Waals surface area contributed by atoms with Crippen LogP contribution in [0.2, 0.25) is 0 Å². The largest absolute Gasteiger partial charge is 0.131 e. The van der Waals surface area contributed by atoms with Crippen LogP contribution < -0.4 is 0 Å². The van der Waals surface area contributed by atoms with E-state index in [0.29, 0.717) is 4.20 Å². The van der Waals surface area contributed by atoms with Crippen LogP contribution >= 0.6 is 24.8 Å². The van der Waals surface area contributed by atoms with E-state index in [9.17, 15) is 0 Å². The molecule has 1 aromatic carbocycles. The molecule has 0 aliphatic heterocycles. The Labute approximate surface area is 65.3 Å². The minimum atomic E-state index is 0.593. The fourth-order valence-corrected chi connectivity index (χ4v) is 0.792. The summed E-state index contributed by atoms with van der Waals surface area (Å²) in [5.41, 5.74) is 0.885. The lowest BCUT2D eigenvalue weighted by Gasteiger charge is -1.90. The van der Waals surface area contributed by atoms with Gasteiger partial charge in [0.1, 0.15) is 0 Å². The Bertz CT molecular complexity index is 203. The van der Waals surface area contributed by atoms with Gasteiger partial charge in [0.05, 0.1) is 4.20 Å². The molecule has 1 rings (SSSR count). The molecule has 0 fully saturated rings. The first kappa shape index (κ1) is 6.78. The highest BCUT2D eigenvalue weighted by Gasteiger charge is 1.90. The molecular formula is C7H5S2. The first-order chi connectivity index (χ1) is 4.30. The van der Waals surface area contributed by atoms with Gasteiger partial charge in [0.2, 0.25) is 0 Å². The molecule has 1 aromatic rings. The molecular weight excluding hydrogens is 148 g/mol. The molecule has 0 N–H and O–H groups in total. The van der Waals surface area contributed by atoms with E-state index in [4.69, 9.17) is 12.2 Å². The smallest absolute Gasteiger partial charge is 0.0754 e. The summed E-state index contributed by atoms with van der Waals surface area (Å²) >= 11 is 8.78. The van der Waals surface area contributed by atoms with Crippen molar-refractivity contribution in [1.29, 1.82) is 0 Å². The Morgan fingerprint density at radius 2 is 2.33 bits per heavy atom. The van der Waals surface area contributed by atoms with Crippen molar-refractivity contribution in [2.75, 3.05) is 0 Å². The summed E-state index contributed by atoms with van der Waals surface area (Å²) in [6, 6.07) is 10.5. The molecule has 0 aromatic heterocycles. The van der Waals surface area contributed by atoms with Gasteiger partial charge < -0.3 is 0 Å². The number of rotatable bonds is 1. The molecule has 0 heterocycles. The third-order valence-corrected chi connectivity index (χ3v) is 1.40. The molecule has 0 aliphatic rings. The van der Waals surface area contributed by atoms with Crippen LogP contribution in [0.4, 0.5) is 0 Å². The van der Waals surface area contributed by atoms with Crippen molar-refractivity contribution in [2.24, 2.45) is 0 Å². The zero-order chi connectivity index (χ0) is 6.69. The highest BCUT2D eigenvalue weighted by atomic mass is 32.1. The van der Waals surface area contributed by atoms with Crippen molar-refractivity contribution in [3.05, 3.63) is 35.9 Å². The molecule has 0 aliphatic carbocycles. The maximum absolute atomic E-state index is 4.79. The van der Waals surface area contributed by atoms with Gasteiger partial charge in [-0.25, -0.2) is 0 Å². The average molecular weight is 153 g/mol. The summed E-state index contributed by atoms with van der Waals surface area (Å²) in [6.07, 6.45) is 0. The minimum Gasteiger partial charge on any atom is -0.131 e. The number of thiol groups is 1. The number of hydrogen-bond donors (Lipinski definition) is 1. The van der Waals surface area contributed by atoms with Crippen molar-refractivity contribution in [3.8, 4) is 0 Å². The fraction of sp³-hybridized carbons (Fsp3) is 0. The Balaban J connectivity index is 2.98. The predicted octanol–water partition coefficient (Wildman–Crippen LogP) is 2.09. The van der Waals surface area contributed by atoms with Gasteiger partial charge in [-0.15, -0.1) is 12.6 Å². The van der Waals surface area contributed by atoms with Crippen LogP contribution in [0.15, 0.2) is 24.3 Å². The Morgan fingerprint density at radius 3 is 2.67 bits per heavy atom. The lowest BCUT2D eigenvalue weighted by atomic mass is 10.2. The van der Waals surface area contributed by atoms with Gasteiger partial charge >= 0.3 is 0 Å². The Kier molecular flexibility index (Phi) is 2.25. The van der Waals surface area contributed by atoms with Gasteiger partial charge in [-0.2, -0.15) is 0 Å². The second kappa shape index (κ2) is 2.99. The lowest BCUT2D eigenvalue weighted by molar-refractivity contribution is 1.67. The van der Waals surface area contributed by atoms with Gasteiger partial charge in [0.25, 0.3) is 0 Å². The van der Waals surface area contributed by atoms with Crippen LogP contribution in [0.3, 0.4) is 0 Å². The van der Waals surface area contributed by atoms with Crippen LogP contribution in [0.25, 0.3) is 0 Å². The molecule has 0 saturated carbocycles. The SMILES string of the molecule is S=C(S)c1[c]cccc1. The normalized spacial score (nSPS) is 9.00. The quantitative estimate of drug-likeness (QED) is 0.476. The molecule has 0 bridgehead atoms. The number of thiocarbonyl (C=S) groups is 1. The van der Waals surface area contributed by atoms with Gasteiger partial charge in [-0.1, -0.05) is 36.5 Å². The summed E-state index contributed by atoms with van der Waals surface area (Å²) < 4.78 is 0.593. The van der Waals surface area contributed by atoms with Crippen molar-refractivity contribution in [2.45, 2.75) is 0 Å². The van der Waals surface area contributed by atoms with Crippen LogP contribution in [-0.2, 0) is 0 Å². The van der Waals surface area contributed by atoms with E-state index < -0.39 is 0 Å². The third kappa shape index (κ3) is 1.80. The standard InChI is InChI=1S/C7H5S2/c8-7(9)6-4-2-1-3-5-6/h1-4H,(H,8,9). The zero-order valence-corrected chi connectivity index (χ0v) is 6.38. The average Bonchev–Trinajstić information content (AvgIpc) is 1.90. The topological polar surface area (TPSA) is 0 Å². The van der Waals surface area contributed by atoms with E-state index in [1.54, 1.807) is 0 Å². The summed E-state index contributed by atoms with van der Waals surface area (Å²) in [6.45, 7) is 0. The lowest BCUT2D eigenvalue weighted by Crippen LogP contribution is -1.83. The molecule has 0 unspecified atom stereocenters. The number of hydrogen-bond acceptors (Lipinski definition) is 1. The van der Waals surface area contributed by atoms with Gasteiger partial charge in [0, 0.05) is 5.56 Å². The van der Waals surface area contributed by atoms with Crippen molar-refractivity contribution in [1.82, 2.24) is 0 Å². The third-order valence-electron chi connectivity index (χ3n) is 0.939. The van der Waals surface area contributed by atoms with E-state index in [1.807, 2.05) is 24.3 Å². The van der Waals surface area contributed by atoms with E-state index >= 15 is 0 Å². The van der Waals surface area contributed by atoms with E-state index in [0.717, 1.165) is 5.56 Å². The van der Waals surface area contributed by atoms with E-state index in [2.05, 4.69) is 18.7 Å². The van der Waals surface area contributed by atoms with Crippen LogP contribution in [0, 0.1) is 6.07 Å². The van der Waals surface area contributed by atoms with Crippen molar-refractivity contribution >= 4 is 29.0 Å². The zero-order valence-electron chi connectivity index (χ0n) is 4.66. The molecule has 45 valence electrons. The summed E-state index contributed by atoms with van der Waals surface area (Å²) in [5.74, 6) is 0. The van der Waals surface area contributed by atoms with Gasteiger partial charge in [0.15, 0.2) is 0 Å². The molecule has 1 radical (unpaired) electrons. The Hall–Kier alpha value is -0.340. The molecule has 2 heteroatoms. The van der Waals surface area contributed by atoms with Gasteiger partial charge in [-0.05, 0) is 6.07 Å². The molecule has 0 atom stereocenters. The first-order valence-corrected chi connectivity index (χ1v) is 3.36. The summed E-state index contributed by atoms with van der Waals surface area (Å²) in [5, 5.41) is 0. The van der Waals surface area contributed by atoms with Crippen molar-refractivity contribution in [3.63, 3.8) is 0 Å². The van der Waals surface area contributed by atoms with Gasteiger partial charge in [-0.3, -0.25) is 0 Å². The molecule has 0 nitrogen and oxygen atoms in total. The van der Waals surface area contributed by atoms with Crippen LogP contribution in [-0.4, -0.2) is 4.20 Å². The maximum atomic E-state index is 4.79. The number of benzene rings is 1. The second-order valence-electron chi connectivity index (χ2n) is 1.58. The highest BCUT2D eigenvalue weighted by Crippen LogP contribution is 2.01. The Morgan fingerprint density at radius 1 is 1.56 bits per heavy atom. The second-order valence-corrected chi connectivity index (χ2v) is 2.74. The maximum Gasteiger partial charge on any atom is 0.0754 e. The molecule has 0 spiro atoms. The van der Waals surface area contributed by atoms with Crippen LogP contribution in [0.1, 0.15) is 5.56 Å². The molecule has 0 saturated heterocycles. The first-order valence-electron chi connectivity index (χ1n) is 2.51.